The van der Waals surface area contributed by atoms with Gasteiger partial charge in [0, 0.05) is 11.0 Å². The monoisotopic (exact) mass is 362 g/mol. The lowest BCUT2D eigenvalue weighted by Crippen LogP contribution is -2.31. The van der Waals surface area contributed by atoms with Crippen molar-refractivity contribution in [2.24, 2.45) is 5.84 Å². The number of rotatable bonds is 4. The summed E-state index contributed by atoms with van der Waals surface area (Å²) in [5.41, 5.74) is 4.39. The van der Waals surface area contributed by atoms with Crippen LogP contribution in [-0.2, 0) is 6.54 Å². The summed E-state index contributed by atoms with van der Waals surface area (Å²) in [5, 5.41) is 5.37. The van der Waals surface area contributed by atoms with Gasteiger partial charge in [0.2, 0.25) is 0 Å². The van der Waals surface area contributed by atoms with Gasteiger partial charge < -0.3 is 0 Å². The molecule has 0 aliphatic rings. The van der Waals surface area contributed by atoms with Crippen molar-refractivity contribution in [3.05, 3.63) is 50.2 Å². The highest BCUT2D eigenvalue weighted by atomic mass is 79.9. The van der Waals surface area contributed by atoms with Gasteiger partial charge in [-0.1, -0.05) is 35.3 Å². The first-order valence-corrected chi connectivity index (χ1v) is 7.26. The summed E-state index contributed by atoms with van der Waals surface area (Å²) in [4.78, 5) is 0. The van der Waals surface area contributed by atoms with Gasteiger partial charge in [-0.2, -0.15) is 5.10 Å². The van der Waals surface area contributed by atoms with E-state index in [9.17, 15) is 0 Å². The number of nitrogens with one attached hydrogen (secondary N) is 1. The molecule has 1 aromatic carbocycles. The Morgan fingerprint density at radius 2 is 2.21 bits per heavy atom. The largest absolute Gasteiger partial charge is 0.271 e. The third-order valence-electron chi connectivity index (χ3n) is 2.87. The zero-order chi connectivity index (χ0) is 14.0. The zero-order valence-electron chi connectivity index (χ0n) is 10.2. The minimum absolute atomic E-state index is 0.319. The van der Waals surface area contributed by atoms with Gasteiger partial charge >= 0.3 is 0 Å². The van der Waals surface area contributed by atoms with E-state index in [1.807, 2.05) is 25.1 Å². The molecule has 0 saturated heterocycles. The first-order chi connectivity index (χ1) is 9.10. The van der Waals surface area contributed by atoms with Gasteiger partial charge in [0.1, 0.15) is 0 Å². The lowest BCUT2D eigenvalue weighted by Gasteiger charge is -2.20. The first kappa shape index (κ1) is 14.8. The fraction of sp³-hybridized carbons (Fsp3) is 0.250. The van der Waals surface area contributed by atoms with Gasteiger partial charge in [-0.05, 0) is 34.5 Å². The predicted molar refractivity (Wildman–Crippen MR) is 81.2 cm³/mol. The van der Waals surface area contributed by atoms with E-state index in [2.05, 4.69) is 26.5 Å². The quantitative estimate of drug-likeness (QED) is 0.645. The van der Waals surface area contributed by atoms with Crippen LogP contribution in [0, 0.1) is 0 Å². The Balaban J connectivity index is 2.56. The molecular weight excluding hydrogens is 351 g/mol. The van der Waals surface area contributed by atoms with Crippen LogP contribution in [0.25, 0.3) is 0 Å². The Labute approximate surface area is 130 Å². The van der Waals surface area contributed by atoms with Crippen LogP contribution >= 0.6 is 39.1 Å². The van der Waals surface area contributed by atoms with E-state index >= 15 is 0 Å². The Bertz CT molecular complexity index is 585. The fourth-order valence-electron chi connectivity index (χ4n) is 1.97. The van der Waals surface area contributed by atoms with Gasteiger partial charge in [-0.3, -0.25) is 10.5 Å². The van der Waals surface area contributed by atoms with Gasteiger partial charge in [-0.15, -0.1) is 0 Å². The van der Waals surface area contributed by atoms with E-state index in [-0.39, 0.29) is 6.04 Å². The first-order valence-electron chi connectivity index (χ1n) is 5.71. The molecule has 0 fully saturated rings. The molecule has 0 spiro atoms. The number of nitrogens with two attached hydrogens (primary N) is 1. The van der Waals surface area contributed by atoms with Crippen molar-refractivity contribution >= 4 is 39.1 Å². The number of hydrogen-bond acceptors (Lipinski definition) is 3. The summed E-state index contributed by atoms with van der Waals surface area (Å²) in [6.07, 6.45) is 1.61. The lowest BCUT2D eigenvalue weighted by atomic mass is 10.0. The van der Waals surface area contributed by atoms with Crippen molar-refractivity contribution in [2.45, 2.75) is 19.5 Å². The standard InChI is InChI=1S/C12H13BrCl2N4/c1-2-19-12(9(14)6-17-19)11(18-16)7-4-3-5-8(13)10(7)15/h3-6,11,18H,2,16H2,1H3. The minimum atomic E-state index is -0.319. The Morgan fingerprint density at radius 1 is 1.47 bits per heavy atom. The predicted octanol–water partition coefficient (Wildman–Crippen LogP) is 3.53. The van der Waals surface area contributed by atoms with Gasteiger partial charge in [0.15, 0.2) is 0 Å². The molecule has 2 rings (SSSR count). The van der Waals surface area contributed by atoms with Gasteiger partial charge in [-0.25, -0.2) is 5.43 Å². The Morgan fingerprint density at radius 3 is 2.84 bits per heavy atom. The van der Waals surface area contributed by atoms with Crippen molar-refractivity contribution in [3.8, 4) is 0 Å². The molecule has 1 aromatic heterocycles. The molecule has 4 nitrogen and oxygen atoms in total. The van der Waals surface area contributed by atoms with E-state index in [1.54, 1.807) is 10.9 Å². The second-order valence-corrected chi connectivity index (χ2v) is 5.58. The molecule has 7 heteroatoms. The van der Waals surface area contributed by atoms with E-state index in [1.165, 1.54) is 0 Å². The maximum atomic E-state index is 6.32. The molecular formula is C12H13BrCl2N4. The molecule has 19 heavy (non-hydrogen) atoms. The molecule has 3 N–H and O–H groups in total. The van der Waals surface area contributed by atoms with E-state index in [0.717, 1.165) is 15.7 Å². The van der Waals surface area contributed by atoms with E-state index < -0.39 is 0 Å². The van der Waals surface area contributed by atoms with Crippen molar-refractivity contribution in [1.82, 2.24) is 15.2 Å². The van der Waals surface area contributed by atoms with Crippen LogP contribution in [0.5, 0.6) is 0 Å². The highest BCUT2D eigenvalue weighted by molar-refractivity contribution is 9.10. The molecule has 1 heterocycles. The van der Waals surface area contributed by atoms with Crippen molar-refractivity contribution in [1.29, 1.82) is 0 Å². The molecule has 1 atom stereocenters. The highest BCUT2D eigenvalue weighted by Crippen LogP contribution is 2.35. The molecule has 0 saturated carbocycles. The molecule has 0 amide bonds. The SMILES string of the molecule is CCn1ncc(Cl)c1C(NN)c1cccc(Br)c1Cl. The number of hydrazine groups is 1. The third-order valence-corrected chi connectivity index (χ3v) is 4.47. The number of aromatic nitrogens is 2. The van der Waals surface area contributed by atoms with Crippen LogP contribution in [0.2, 0.25) is 10.0 Å². The second kappa shape index (κ2) is 6.24. The Hall–Kier alpha value is -0.590. The van der Waals surface area contributed by atoms with Gasteiger partial charge in [0.05, 0.1) is 28.0 Å². The maximum Gasteiger partial charge on any atom is 0.0908 e. The molecule has 0 bridgehead atoms. The highest BCUT2D eigenvalue weighted by Gasteiger charge is 2.23. The fourth-order valence-corrected chi connectivity index (χ4v) is 2.84. The normalized spacial score (nSPS) is 12.7. The third kappa shape index (κ3) is 2.80. The molecule has 0 radical (unpaired) electrons. The number of benzene rings is 1. The van der Waals surface area contributed by atoms with Crippen molar-refractivity contribution in [2.75, 3.05) is 0 Å². The average molecular weight is 364 g/mol. The summed E-state index contributed by atoms with van der Waals surface area (Å²) in [6, 6.07) is 5.36. The summed E-state index contributed by atoms with van der Waals surface area (Å²) in [6.45, 7) is 2.69. The summed E-state index contributed by atoms with van der Waals surface area (Å²) in [7, 11) is 0. The molecule has 0 aliphatic heterocycles. The summed E-state index contributed by atoms with van der Waals surface area (Å²) in [5.74, 6) is 5.68. The molecule has 0 aliphatic carbocycles. The van der Waals surface area contributed by atoms with Crippen LogP contribution < -0.4 is 11.3 Å². The Kier molecular flexibility index (Phi) is 4.86. The van der Waals surface area contributed by atoms with Crippen molar-refractivity contribution < 1.29 is 0 Å². The van der Waals surface area contributed by atoms with Crippen LogP contribution in [-0.4, -0.2) is 9.78 Å². The number of halogens is 3. The van der Waals surface area contributed by atoms with Crippen LogP contribution in [0.4, 0.5) is 0 Å². The number of aryl methyl sites for hydroxylation is 1. The summed E-state index contributed by atoms with van der Waals surface area (Å²) < 4.78 is 2.61. The van der Waals surface area contributed by atoms with Crippen LogP contribution in [0.3, 0.4) is 0 Å². The second-order valence-electron chi connectivity index (χ2n) is 3.94. The zero-order valence-corrected chi connectivity index (χ0v) is 13.3. The minimum Gasteiger partial charge on any atom is -0.271 e. The van der Waals surface area contributed by atoms with Crippen molar-refractivity contribution in [3.63, 3.8) is 0 Å². The smallest absolute Gasteiger partial charge is 0.0908 e. The molecule has 2 aromatic rings. The lowest BCUT2D eigenvalue weighted by molar-refractivity contribution is 0.543. The molecule has 1 unspecified atom stereocenters. The molecule has 102 valence electrons. The number of nitrogens with zero attached hydrogens (tertiary/aromatic N) is 2. The van der Waals surface area contributed by atoms with Crippen LogP contribution in [0.1, 0.15) is 24.2 Å². The average Bonchev–Trinajstić information content (AvgIpc) is 2.77. The van der Waals surface area contributed by atoms with E-state index in [4.69, 9.17) is 29.0 Å². The number of hydrogen-bond donors (Lipinski definition) is 2. The van der Waals surface area contributed by atoms with Gasteiger partial charge in [0.25, 0.3) is 0 Å². The maximum absolute atomic E-state index is 6.32. The topological polar surface area (TPSA) is 55.9 Å². The van der Waals surface area contributed by atoms with Crippen LogP contribution in [0.15, 0.2) is 28.9 Å². The van der Waals surface area contributed by atoms with E-state index in [0.29, 0.717) is 16.6 Å². The summed E-state index contributed by atoms with van der Waals surface area (Å²) >= 11 is 15.9.